The Bertz CT molecular complexity index is 425. The van der Waals surface area contributed by atoms with E-state index in [-0.39, 0.29) is 6.04 Å². The average molecular weight is 295 g/mol. The largest absolute Gasteiger partial charge is 0.357 e. The number of aromatic nitrogens is 2. The maximum absolute atomic E-state index is 6.17. The van der Waals surface area contributed by atoms with Crippen molar-refractivity contribution >= 4 is 5.82 Å². The smallest absolute Gasteiger partial charge is 0.130 e. The summed E-state index contributed by atoms with van der Waals surface area (Å²) in [5.74, 6) is 1.25. The Hall–Kier alpha value is -1.07. The molecule has 122 valence electrons. The molecule has 0 aliphatic carbocycles. The quantitative estimate of drug-likeness (QED) is 0.754. The first-order chi connectivity index (χ1) is 9.90. The van der Waals surface area contributed by atoms with Crippen molar-refractivity contribution in [3.05, 3.63) is 11.3 Å². The predicted molar refractivity (Wildman–Crippen MR) is 91.0 cm³/mol. The number of aryl methyl sites for hydroxylation is 2. The van der Waals surface area contributed by atoms with Crippen LogP contribution in [-0.2, 0) is 13.5 Å². The summed E-state index contributed by atoms with van der Waals surface area (Å²) in [5.41, 5.74) is 8.60. The van der Waals surface area contributed by atoms with E-state index in [1.807, 2.05) is 11.7 Å². The van der Waals surface area contributed by atoms with Crippen LogP contribution in [0, 0.1) is 6.92 Å². The molecule has 2 N–H and O–H groups in total. The first-order valence-corrected chi connectivity index (χ1v) is 8.08. The molecule has 21 heavy (non-hydrogen) atoms. The summed E-state index contributed by atoms with van der Waals surface area (Å²) in [6.07, 6.45) is 3.07. The lowest BCUT2D eigenvalue weighted by atomic mass is 10.0. The number of nitrogens with zero attached hydrogens (tertiary/aromatic N) is 4. The average Bonchev–Trinajstić information content (AvgIpc) is 2.69. The maximum atomic E-state index is 6.17. The second-order valence-electron chi connectivity index (χ2n) is 6.12. The van der Waals surface area contributed by atoms with Gasteiger partial charge in [-0.3, -0.25) is 4.68 Å². The third-order valence-electron chi connectivity index (χ3n) is 4.02. The number of anilines is 1. The number of hydrogen-bond donors (Lipinski definition) is 1. The summed E-state index contributed by atoms with van der Waals surface area (Å²) in [7, 11) is 6.28. The monoisotopic (exact) mass is 295 g/mol. The van der Waals surface area contributed by atoms with Crippen LogP contribution in [0.5, 0.6) is 0 Å². The van der Waals surface area contributed by atoms with Gasteiger partial charge in [0, 0.05) is 31.7 Å². The Morgan fingerprint density at radius 2 is 1.90 bits per heavy atom. The van der Waals surface area contributed by atoms with E-state index in [2.05, 4.69) is 49.8 Å². The Balaban J connectivity index is 2.91. The van der Waals surface area contributed by atoms with Gasteiger partial charge in [0.2, 0.25) is 0 Å². The lowest BCUT2D eigenvalue weighted by Gasteiger charge is -2.26. The summed E-state index contributed by atoms with van der Waals surface area (Å²) in [4.78, 5) is 4.66. The summed E-state index contributed by atoms with van der Waals surface area (Å²) in [6.45, 7) is 9.61. The summed E-state index contributed by atoms with van der Waals surface area (Å²) < 4.78 is 2.02. The summed E-state index contributed by atoms with van der Waals surface area (Å²) >= 11 is 0. The van der Waals surface area contributed by atoms with Crippen molar-refractivity contribution in [3.63, 3.8) is 0 Å². The molecular formula is C16H33N5. The molecule has 5 heteroatoms. The fraction of sp³-hybridized carbons (Fsp3) is 0.812. The molecule has 0 saturated carbocycles. The van der Waals surface area contributed by atoms with Crippen LogP contribution in [0.4, 0.5) is 5.82 Å². The highest BCUT2D eigenvalue weighted by Crippen LogP contribution is 2.25. The van der Waals surface area contributed by atoms with E-state index in [1.54, 1.807) is 0 Å². The van der Waals surface area contributed by atoms with E-state index in [9.17, 15) is 0 Å². The Morgan fingerprint density at radius 1 is 1.24 bits per heavy atom. The SMILES string of the molecule is CCC(N)Cc1c(C)nn(C)c1N(CC)CCCN(C)C. The molecule has 0 radical (unpaired) electrons. The maximum Gasteiger partial charge on any atom is 0.130 e. The van der Waals surface area contributed by atoms with Crippen LogP contribution < -0.4 is 10.6 Å². The lowest BCUT2D eigenvalue weighted by molar-refractivity contribution is 0.400. The van der Waals surface area contributed by atoms with Crippen LogP contribution >= 0.6 is 0 Å². The van der Waals surface area contributed by atoms with Crippen molar-refractivity contribution in [2.75, 3.05) is 38.6 Å². The van der Waals surface area contributed by atoms with E-state index in [4.69, 9.17) is 5.73 Å². The van der Waals surface area contributed by atoms with Gasteiger partial charge in [-0.05, 0) is 53.8 Å². The van der Waals surface area contributed by atoms with Crippen molar-refractivity contribution in [2.24, 2.45) is 12.8 Å². The third-order valence-corrected chi connectivity index (χ3v) is 4.02. The highest BCUT2D eigenvalue weighted by atomic mass is 15.4. The second-order valence-corrected chi connectivity index (χ2v) is 6.12. The highest BCUT2D eigenvalue weighted by molar-refractivity contribution is 5.50. The van der Waals surface area contributed by atoms with Gasteiger partial charge in [0.25, 0.3) is 0 Å². The molecule has 1 rings (SSSR count). The number of rotatable bonds is 9. The highest BCUT2D eigenvalue weighted by Gasteiger charge is 2.19. The van der Waals surface area contributed by atoms with Gasteiger partial charge in [-0.2, -0.15) is 5.10 Å². The van der Waals surface area contributed by atoms with Gasteiger partial charge in [-0.1, -0.05) is 6.92 Å². The fourth-order valence-electron chi connectivity index (χ4n) is 2.72. The first kappa shape index (κ1) is 18.0. The number of nitrogens with two attached hydrogens (primary N) is 1. The molecule has 0 fully saturated rings. The van der Waals surface area contributed by atoms with E-state index < -0.39 is 0 Å². The van der Waals surface area contributed by atoms with Crippen molar-refractivity contribution in [2.45, 2.75) is 46.1 Å². The van der Waals surface area contributed by atoms with Crippen LogP contribution in [0.2, 0.25) is 0 Å². The molecule has 0 aliphatic rings. The first-order valence-electron chi connectivity index (χ1n) is 8.08. The van der Waals surface area contributed by atoms with Gasteiger partial charge in [-0.25, -0.2) is 0 Å². The Kier molecular flexibility index (Phi) is 7.18. The van der Waals surface area contributed by atoms with Crippen molar-refractivity contribution in [1.29, 1.82) is 0 Å². The standard InChI is InChI=1S/C16H33N5/c1-7-14(17)12-15-13(3)18-20(6)16(15)21(8-2)11-9-10-19(4)5/h14H,7-12,17H2,1-6H3. The molecule has 1 atom stereocenters. The summed E-state index contributed by atoms with van der Waals surface area (Å²) in [5, 5.41) is 4.62. The van der Waals surface area contributed by atoms with Gasteiger partial charge in [0.05, 0.1) is 5.69 Å². The molecule has 0 spiro atoms. The molecule has 1 unspecified atom stereocenters. The molecule has 0 saturated heterocycles. The second kappa shape index (κ2) is 8.39. The minimum absolute atomic E-state index is 0.215. The molecule has 1 aromatic rings. The van der Waals surface area contributed by atoms with Crippen LogP contribution in [0.3, 0.4) is 0 Å². The summed E-state index contributed by atoms with van der Waals surface area (Å²) in [6, 6.07) is 0.215. The van der Waals surface area contributed by atoms with Gasteiger partial charge >= 0.3 is 0 Å². The number of hydrogen-bond acceptors (Lipinski definition) is 4. The van der Waals surface area contributed by atoms with Crippen molar-refractivity contribution < 1.29 is 0 Å². The molecule has 0 aliphatic heterocycles. The van der Waals surface area contributed by atoms with Gasteiger partial charge < -0.3 is 15.5 Å². The van der Waals surface area contributed by atoms with Crippen molar-refractivity contribution in [1.82, 2.24) is 14.7 Å². The van der Waals surface area contributed by atoms with Gasteiger partial charge in [-0.15, -0.1) is 0 Å². The van der Waals surface area contributed by atoms with Crippen molar-refractivity contribution in [3.8, 4) is 0 Å². The topological polar surface area (TPSA) is 50.3 Å². The molecular weight excluding hydrogens is 262 g/mol. The Labute approximate surface area is 130 Å². The van der Waals surface area contributed by atoms with E-state index >= 15 is 0 Å². The zero-order chi connectivity index (χ0) is 16.0. The van der Waals surface area contributed by atoms with E-state index in [0.717, 1.165) is 44.6 Å². The molecule has 0 bridgehead atoms. The molecule has 5 nitrogen and oxygen atoms in total. The van der Waals surface area contributed by atoms with Gasteiger partial charge in [0.15, 0.2) is 0 Å². The van der Waals surface area contributed by atoms with Gasteiger partial charge in [0.1, 0.15) is 5.82 Å². The minimum Gasteiger partial charge on any atom is -0.357 e. The lowest BCUT2D eigenvalue weighted by Crippen LogP contribution is -2.30. The van der Waals surface area contributed by atoms with Crippen LogP contribution in [0.1, 0.15) is 37.9 Å². The van der Waals surface area contributed by atoms with Crippen LogP contribution in [0.15, 0.2) is 0 Å². The zero-order valence-corrected chi connectivity index (χ0v) is 14.7. The molecule has 1 aromatic heterocycles. The molecule has 0 aromatic carbocycles. The molecule has 0 amide bonds. The molecule has 1 heterocycles. The third kappa shape index (κ3) is 5.00. The van der Waals surface area contributed by atoms with Crippen LogP contribution in [-0.4, -0.2) is 54.5 Å². The minimum atomic E-state index is 0.215. The Morgan fingerprint density at radius 3 is 2.43 bits per heavy atom. The van der Waals surface area contributed by atoms with E-state index in [1.165, 1.54) is 11.4 Å². The zero-order valence-electron chi connectivity index (χ0n) is 14.7. The van der Waals surface area contributed by atoms with Crippen LogP contribution in [0.25, 0.3) is 0 Å². The normalized spacial score (nSPS) is 13.0. The predicted octanol–water partition coefficient (Wildman–Crippen LogP) is 1.79. The fourth-order valence-corrected chi connectivity index (χ4v) is 2.72. The van der Waals surface area contributed by atoms with E-state index in [0.29, 0.717) is 0 Å².